The van der Waals surface area contributed by atoms with E-state index in [2.05, 4.69) is 17.6 Å². The Bertz CT molecular complexity index is 467. The van der Waals surface area contributed by atoms with Gasteiger partial charge in [-0.05, 0) is 69.3 Å². The smallest absolute Gasteiger partial charge is 0.220 e. The van der Waals surface area contributed by atoms with E-state index in [0.717, 1.165) is 43.9 Å². The van der Waals surface area contributed by atoms with Crippen LogP contribution >= 0.6 is 0 Å². The Labute approximate surface area is 140 Å². The average Bonchev–Trinajstić information content (AvgIpc) is 2.59. The van der Waals surface area contributed by atoms with Gasteiger partial charge in [-0.15, -0.1) is 0 Å². The lowest BCUT2D eigenvalue weighted by Crippen LogP contribution is -2.30. The minimum absolute atomic E-state index is 0.0377. The number of hydrogen-bond donors (Lipinski definition) is 2. The van der Waals surface area contributed by atoms with Crippen molar-refractivity contribution >= 4 is 5.91 Å². The van der Waals surface area contributed by atoms with E-state index >= 15 is 0 Å². The van der Waals surface area contributed by atoms with E-state index in [0.29, 0.717) is 12.3 Å². The molecule has 128 valence electrons. The quantitative estimate of drug-likeness (QED) is 0.772. The monoisotopic (exact) mass is 318 g/mol. The van der Waals surface area contributed by atoms with Crippen LogP contribution in [-0.4, -0.2) is 25.6 Å². The number of rotatable bonds is 8. The maximum atomic E-state index is 12.1. The molecule has 1 fully saturated rings. The van der Waals surface area contributed by atoms with Crippen LogP contribution < -0.4 is 15.4 Å². The summed E-state index contributed by atoms with van der Waals surface area (Å²) in [7, 11) is 0. The van der Waals surface area contributed by atoms with Gasteiger partial charge in [0, 0.05) is 6.42 Å². The van der Waals surface area contributed by atoms with Crippen molar-refractivity contribution in [2.45, 2.75) is 52.0 Å². The summed E-state index contributed by atoms with van der Waals surface area (Å²) in [5.74, 6) is 1.75. The highest BCUT2D eigenvalue weighted by Gasteiger charge is 2.15. The molecular formula is C19H30N2O2. The zero-order valence-electron chi connectivity index (χ0n) is 14.4. The molecule has 0 bridgehead atoms. The third-order valence-electron chi connectivity index (χ3n) is 4.47. The number of carbonyl (C=O) groups is 1. The molecule has 1 amide bonds. The molecule has 2 N–H and O–H groups in total. The van der Waals surface area contributed by atoms with Gasteiger partial charge < -0.3 is 15.4 Å². The first-order chi connectivity index (χ1) is 11.2. The van der Waals surface area contributed by atoms with Crippen LogP contribution in [0.25, 0.3) is 0 Å². The summed E-state index contributed by atoms with van der Waals surface area (Å²) in [6.07, 6.45) is 5.03. The van der Waals surface area contributed by atoms with Gasteiger partial charge in [0.15, 0.2) is 0 Å². The lowest BCUT2D eigenvalue weighted by molar-refractivity contribution is -0.122. The van der Waals surface area contributed by atoms with Crippen LogP contribution in [0.3, 0.4) is 0 Å². The summed E-state index contributed by atoms with van der Waals surface area (Å²) in [5, 5.41) is 6.47. The number of piperidine rings is 1. The van der Waals surface area contributed by atoms with E-state index in [1.807, 2.05) is 31.2 Å². The first-order valence-electron chi connectivity index (χ1n) is 8.92. The SMILES string of the molecule is CCCOc1ccc(C(C)NC(=O)CCC2CCNCC2)cc1. The maximum Gasteiger partial charge on any atom is 0.220 e. The molecule has 0 spiro atoms. The fourth-order valence-corrected chi connectivity index (χ4v) is 2.98. The van der Waals surface area contributed by atoms with Gasteiger partial charge in [-0.3, -0.25) is 4.79 Å². The number of ether oxygens (including phenoxy) is 1. The molecule has 0 aromatic heterocycles. The van der Waals surface area contributed by atoms with Crippen molar-refractivity contribution in [2.75, 3.05) is 19.7 Å². The van der Waals surface area contributed by atoms with Crippen molar-refractivity contribution in [2.24, 2.45) is 5.92 Å². The van der Waals surface area contributed by atoms with Gasteiger partial charge in [0.2, 0.25) is 5.91 Å². The van der Waals surface area contributed by atoms with Crippen molar-refractivity contribution in [1.82, 2.24) is 10.6 Å². The Hall–Kier alpha value is -1.55. The van der Waals surface area contributed by atoms with Gasteiger partial charge in [0.25, 0.3) is 0 Å². The van der Waals surface area contributed by atoms with E-state index in [4.69, 9.17) is 4.74 Å². The molecule has 4 nitrogen and oxygen atoms in total. The van der Waals surface area contributed by atoms with Crippen LogP contribution in [0.2, 0.25) is 0 Å². The topological polar surface area (TPSA) is 50.4 Å². The minimum atomic E-state index is 0.0377. The second-order valence-electron chi connectivity index (χ2n) is 6.44. The Morgan fingerprint density at radius 3 is 2.65 bits per heavy atom. The number of carbonyl (C=O) groups excluding carboxylic acids is 1. The van der Waals surface area contributed by atoms with Crippen LogP contribution in [0.4, 0.5) is 0 Å². The van der Waals surface area contributed by atoms with Crippen LogP contribution in [0.15, 0.2) is 24.3 Å². The molecule has 0 saturated carbocycles. The standard InChI is InChI=1S/C19H30N2O2/c1-3-14-23-18-7-5-17(6-8-18)15(2)21-19(22)9-4-16-10-12-20-13-11-16/h5-8,15-16,20H,3-4,9-14H2,1-2H3,(H,21,22). The third kappa shape index (κ3) is 6.22. The van der Waals surface area contributed by atoms with Crippen molar-refractivity contribution in [1.29, 1.82) is 0 Å². The second-order valence-corrected chi connectivity index (χ2v) is 6.44. The molecule has 1 aliphatic rings. The molecular weight excluding hydrogens is 288 g/mol. The van der Waals surface area contributed by atoms with Crippen molar-refractivity contribution < 1.29 is 9.53 Å². The number of hydrogen-bond acceptors (Lipinski definition) is 3. The Kier molecular flexibility index (Phi) is 7.40. The molecule has 23 heavy (non-hydrogen) atoms. The minimum Gasteiger partial charge on any atom is -0.494 e. The lowest BCUT2D eigenvalue weighted by Gasteiger charge is -2.22. The summed E-state index contributed by atoms with van der Waals surface area (Å²) in [5.41, 5.74) is 1.11. The number of nitrogens with one attached hydrogen (secondary N) is 2. The van der Waals surface area contributed by atoms with Gasteiger partial charge in [-0.2, -0.15) is 0 Å². The molecule has 1 aromatic carbocycles. The van der Waals surface area contributed by atoms with E-state index in [1.54, 1.807) is 0 Å². The molecule has 4 heteroatoms. The highest BCUT2D eigenvalue weighted by molar-refractivity contribution is 5.76. The highest BCUT2D eigenvalue weighted by Crippen LogP contribution is 2.20. The Morgan fingerprint density at radius 1 is 1.30 bits per heavy atom. The van der Waals surface area contributed by atoms with Crippen molar-refractivity contribution in [3.05, 3.63) is 29.8 Å². The van der Waals surface area contributed by atoms with Crippen LogP contribution in [-0.2, 0) is 4.79 Å². The summed E-state index contributed by atoms with van der Waals surface area (Å²) < 4.78 is 5.58. The normalized spacial score (nSPS) is 16.8. The highest BCUT2D eigenvalue weighted by atomic mass is 16.5. The molecule has 0 radical (unpaired) electrons. The van der Waals surface area contributed by atoms with Crippen molar-refractivity contribution in [3.63, 3.8) is 0 Å². The third-order valence-corrected chi connectivity index (χ3v) is 4.47. The van der Waals surface area contributed by atoms with Gasteiger partial charge in [0.1, 0.15) is 5.75 Å². The summed E-state index contributed by atoms with van der Waals surface area (Å²) in [6, 6.07) is 8.05. The van der Waals surface area contributed by atoms with Crippen LogP contribution in [0.1, 0.15) is 57.6 Å². The van der Waals surface area contributed by atoms with E-state index in [1.165, 1.54) is 12.8 Å². The Balaban J connectivity index is 1.73. The van der Waals surface area contributed by atoms with E-state index in [9.17, 15) is 4.79 Å². The molecule has 1 aromatic rings. The molecule has 1 atom stereocenters. The van der Waals surface area contributed by atoms with Gasteiger partial charge >= 0.3 is 0 Å². The van der Waals surface area contributed by atoms with E-state index in [-0.39, 0.29) is 11.9 Å². The lowest BCUT2D eigenvalue weighted by atomic mass is 9.93. The predicted octanol–water partition coefficient (Wildman–Crippen LogP) is 3.43. The maximum absolute atomic E-state index is 12.1. The van der Waals surface area contributed by atoms with Gasteiger partial charge in [-0.25, -0.2) is 0 Å². The number of amides is 1. The molecule has 1 saturated heterocycles. The first kappa shape index (κ1) is 17.8. The van der Waals surface area contributed by atoms with E-state index < -0.39 is 0 Å². The first-order valence-corrected chi connectivity index (χ1v) is 8.92. The molecule has 1 unspecified atom stereocenters. The largest absolute Gasteiger partial charge is 0.494 e. The fourth-order valence-electron chi connectivity index (χ4n) is 2.98. The predicted molar refractivity (Wildman–Crippen MR) is 93.6 cm³/mol. The fraction of sp³-hybridized carbons (Fsp3) is 0.632. The number of benzene rings is 1. The van der Waals surface area contributed by atoms with Gasteiger partial charge in [0.05, 0.1) is 12.6 Å². The zero-order chi connectivity index (χ0) is 16.5. The van der Waals surface area contributed by atoms with Crippen LogP contribution in [0, 0.1) is 5.92 Å². The average molecular weight is 318 g/mol. The summed E-state index contributed by atoms with van der Waals surface area (Å²) in [6.45, 7) is 7.05. The molecule has 0 aliphatic carbocycles. The molecule has 1 heterocycles. The summed E-state index contributed by atoms with van der Waals surface area (Å²) in [4.78, 5) is 12.1. The van der Waals surface area contributed by atoms with Crippen LogP contribution in [0.5, 0.6) is 5.75 Å². The van der Waals surface area contributed by atoms with Crippen molar-refractivity contribution in [3.8, 4) is 5.75 Å². The summed E-state index contributed by atoms with van der Waals surface area (Å²) >= 11 is 0. The van der Waals surface area contributed by atoms with Gasteiger partial charge in [-0.1, -0.05) is 19.1 Å². The zero-order valence-corrected chi connectivity index (χ0v) is 14.4. The second kappa shape index (κ2) is 9.56. The Morgan fingerprint density at radius 2 is 2.00 bits per heavy atom. The molecule has 1 aliphatic heterocycles. The molecule has 2 rings (SSSR count).